The Morgan fingerprint density at radius 1 is 1.18 bits per heavy atom. The third-order valence-corrected chi connectivity index (χ3v) is 4.51. The van der Waals surface area contributed by atoms with E-state index in [4.69, 9.17) is 45.0 Å². The highest BCUT2D eigenvalue weighted by atomic mass is 35.9. The first kappa shape index (κ1) is 12.6. The zero-order valence-corrected chi connectivity index (χ0v) is 10.0. The summed E-state index contributed by atoms with van der Waals surface area (Å²) in [6.07, 6.45) is -3.71. The van der Waals surface area contributed by atoms with E-state index in [1.165, 1.54) is 6.92 Å². The van der Waals surface area contributed by atoms with Gasteiger partial charge in [0, 0.05) is 0 Å². The highest BCUT2D eigenvalue weighted by molar-refractivity contribution is 8.10. The second-order valence-corrected chi connectivity index (χ2v) is 11.1. The Hall–Kier alpha value is 1.58. The average Bonchev–Trinajstić information content (AvgIpc) is 1.56. The predicted octanol–water partition coefficient (Wildman–Crippen LogP) is 4.61. The molecular weight excluding hydrogens is 276 g/mol. The van der Waals surface area contributed by atoms with Gasteiger partial charge in [0.2, 0.25) is 0 Å². The molecule has 3 nitrogen and oxygen atoms in total. The first-order chi connectivity index (χ1) is 4.63. The van der Waals surface area contributed by atoms with Crippen LogP contribution >= 0.6 is 56.9 Å². The van der Waals surface area contributed by atoms with Crippen LogP contribution in [0.2, 0.25) is 0 Å². The fourth-order valence-corrected chi connectivity index (χ4v) is 3.12. The molecule has 11 heavy (non-hydrogen) atoms. The van der Waals surface area contributed by atoms with Crippen LogP contribution in [-0.2, 0) is 13.7 Å². The molecule has 0 aromatic carbocycles. The van der Waals surface area contributed by atoms with Crippen LogP contribution in [0, 0.1) is 0 Å². The van der Waals surface area contributed by atoms with Crippen molar-refractivity contribution >= 4 is 56.9 Å². The van der Waals surface area contributed by atoms with Crippen LogP contribution in [0.15, 0.2) is 0 Å². The summed E-state index contributed by atoms with van der Waals surface area (Å²) in [7, 11) is 0. The van der Waals surface area contributed by atoms with Gasteiger partial charge in [-0.3, -0.25) is 13.7 Å². The Kier molecular flexibility index (Phi) is 4.80. The summed E-state index contributed by atoms with van der Waals surface area (Å²) in [6, 6.07) is 0. The fraction of sp³-hybridized carbons (Fsp3) is 1.00. The molecule has 0 saturated carbocycles. The highest BCUT2D eigenvalue weighted by Crippen LogP contribution is 2.68. The standard InChI is InChI=1S/C2H4Cl4O3P2/c1-2(10(3,4)7)9-11(5,6)8/h2H,1H3. The molecule has 0 heterocycles. The monoisotopic (exact) mass is 278 g/mol. The molecule has 0 aromatic heterocycles. The van der Waals surface area contributed by atoms with Gasteiger partial charge >= 0.3 is 6.07 Å². The van der Waals surface area contributed by atoms with Crippen LogP contribution in [0.3, 0.4) is 0 Å². The smallest absolute Gasteiger partial charge is 0.293 e. The zero-order valence-electron chi connectivity index (χ0n) is 5.21. The van der Waals surface area contributed by atoms with E-state index in [0.29, 0.717) is 0 Å². The molecule has 1 atom stereocenters. The van der Waals surface area contributed by atoms with E-state index in [1.807, 2.05) is 0 Å². The maximum absolute atomic E-state index is 10.8. The molecule has 0 aliphatic rings. The lowest BCUT2D eigenvalue weighted by atomic mass is 10.9. The molecule has 0 fully saturated rings. The molecule has 68 valence electrons. The zero-order chi connectivity index (χ0) is 9.28. The highest BCUT2D eigenvalue weighted by Gasteiger charge is 2.31. The van der Waals surface area contributed by atoms with Crippen LogP contribution in [0.1, 0.15) is 6.92 Å². The van der Waals surface area contributed by atoms with E-state index < -0.39 is 17.8 Å². The molecule has 0 spiro atoms. The first-order valence-electron chi connectivity index (χ1n) is 2.30. The molecule has 1 unspecified atom stereocenters. The number of hydrogen-bond acceptors (Lipinski definition) is 3. The Labute approximate surface area is 83.3 Å². The van der Waals surface area contributed by atoms with Gasteiger partial charge in [-0.05, 0) is 51.9 Å². The Morgan fingerprint density at radius 2 is 1.55 bits per heavy atom. The van der Waals surface area contributed by atoms with Crippen LogP contribution in [0.4, 0.5) is 0 Å². The van der Waals surface area contributed by atoms with Gasteiger partial charge in [0.15, 0.2) is 0 Å². The molecule has 0 rings (SSSR count). The second-order valence-electron chi connectivity index (χ2n) is 1.62. The fourth-order valence-electron chi connectivity index (χ4n) is 0.232. The van der Waals surface area contributed by atoms with Crippen LogP contribution in [-0.4, -0.2) is 5.85 Å². The molecule has 0 saturated heterocycles. The molecular formula is C2H4Cl4O3P2. The first-order valence-corrected chi connectivity index (χ1v) is 9.32. The molecule has 0 bridgehead atoms. The van der Waals surface area contributed by atoms with E-state index in [0.717, 1.165) is 0 Å². The van der Waals surface area contributed by atoms with Crippen molar-refractivity contribution in [2.75, 3.05) is 0 Å². The van der Waals surface area contributed by atoms with E-state index in [1.54, 1.807) is 0 Å². The van der Waals surface area contributed by atoms with Gasteiger partial charge in [0.1, 0.15) is 5.85 Å². The van der Waals surface area contributed by atoms with Crippen molar-refractivity contribution in [3.8, 4) is 0 Å². The lowest BCUT2D eigenvalue weighted by Crippen LogP contribution is -1.97. The van der Waals surface area contributed by atoms with E-state index in [-0.39, 0.29) is 0 Å². The van der Waals surface area contributed by atoms with E-state index in [2.05, 4.69) is 4.52 Å². The van der Waals surface area contributed by atoms with Gasteiger partial charge in [0.25, 0.3) is 5.85 Å². The van der Waals surface area contributed by atoms with Crippen LogP contribution < -0.4 is 0 Å². The number of halogens is 4. The lowest BCUT2D eigenvalue weighted by molar-refractivity contribution is 0.313. The predicted molar refractivity (Wildman–Crippen MR) is 49.2 cm³/mol. The van der Waals surface area contributed by atoms with E-state index in [9.17, 15) is 9.13 Å². The summed E-state index contributed by atoms with van der Waals surface area (Å²) in [5, 5.41) is 0. The number of rotatable bonds is 3. The summed E-state index contributed by atoms with van der Waals surface area (Å²) in [5.74, 6) is -4.60. The van der Waals surface area contributed by atoms with Gasteiger partial charge in [-0.15, -0.1) is 0 Å². The Bertz CT molecular complexity index is 217. The maximum atomic E-state index is 10.8. The van der Waals surface area contributed by atoms with Crippen molar-refractivity contribution in [1.29, 1.82) is 0 Å². The SMILES string of the molecule is CC(OP(=O)(Cl)Cl)P(=O)(Cl)Cl. The largest absolute Gasteiger partial charge is 0.380 e. The average molecular weight is 280 g/mol. The minimum absolute atomic E-state index is 1.13. The molecule has 0 amide bonds. The summed E-state index contributed by atoms with van der Waals surface area (Å²) in [5.41, 5.74) is 0. The van der Waals surface area contributed by atoms with Gasteiger partial charge < -0.3 is 0 Å². The lowest BCUT2D eigenvalue weighted by Gasteiger charge is -2.12. The van der Waals surface area contributed by atoms with Gasteiger partial charge in [0.05, 0.1) is 0 Å². The van der Waals surface area contributed by atoms with E-state index >= 15 is 0 Å². The van der Waals surface area contributed by atoms with Crippen molar-refractivity contribution in [2.45, 2.75) is 12.8 Å². The minimum Gasteiger partial charge on any atom is -0.293 e. The quantitative estimate of drug-likeness (QED) is 0.709. The molecule has 0 aliphatic carbocycles. The second kappa shape index (κ2) is 4.19. The van der Waals surface area contributed by atoms with Crippen molar-refractivity contribution in [1.82, 2.24) is 0 Å². The van der Waals surface area contributed by atoms with Gasteiger partial charge in [-0.1, -0.05) is 0 Å². The molecule has 0 aromatic rings. The van der Waals surface area contributed by atoms with Crippen molar-refractivity contribution in [3.05, 3.63) is 0 Å². The number of hydrogen-bond donors (Lipinski definition) is 0. The Balaban J connectivity index is 4.22. The normalized spacial score (nSPS) is 16.5. The van der Waals surface area contributed by atoms with Gasteiger partial charge in [-0.25, -0.2) is 0 Å². The van der Waals surface area contributed by atoms with Gasteiger partial charge in [-0.2, -0.15) is 0 Å². The summed E-state index contributed by atoms with van der Waals surface area (Å²) >= 11 is 20.3. The maximum Gasteiger partial charge on any atom is 0.380 e. The molecule has 0 radical (unpaired) electrons. The summed E-state index contributed by atoms with van der Waals surface area (Å²) < 4.78 is 25.7. The third kappa shape index (κ3) is 6.72. The summed E-state index contributed by atoms with van der Waals surface area (Å²) in [4.78, 5) is 0. The van der Waals surface area contributed by atoms with Crippen LogP contribution in [0.25, 0.3) is 0 Å². The third-order valence-electron chi connectivity index (χ3n) is 0.699. The molecule has 0 aliphatic heterocycles. The van der Waals surface area contributed by atoms with Crippen molar-refractivity contribution in [2.24, 2.45) is 0 Å². The topological polar surface area (TPSA) is 43.4 Å². The Morgan fingerprint density at radius 3 is 1.64 bits per heavy atom. The van der Waals surface area contributed by atoms with Crippen molar-refractivity contribution in [3.63, 3.8) is 0 Å². The van der Waals surface area contributed by atoms with Crippen molar-refractivity contribution < 1.29 is 13.7 Å². The molecule has 0 N–H and O–H groups in total. The van der Waals surface area contributed by atoms with Crippen LogP contribution in [0.5, 0.6) is 0 Å². The molecule has 9 heteroatoms. The summed E-state index contributed by atoms with van der Waals surface area (Å²) in [6.45, 7) is 1.26. The minimum atomic E-state index is -3.71.